The van der Waals surface area contributed by atoms with Crippen molar-refractivity contribution >= 4 is 22.4 Å². The highest BCUT2D eigenvalue weighted by Crippen LogP contribution is 2.38. The summed E-state index contributed by atoms with van der Waals surface area (Å²) in [5.74, 6) is 1.05. The molecule has 0 spiro atoms. The van der Waals surface area contributed by atoms with Gasteiger partial charge in [-0.25, -0.2) is 8.42 Å². The van der Waals surface area contributed by atoms with E-state index < -0.39 is 10.0 Å². The fourth-order valence-corrected chi connectivity index (χ4v) is 5.47. The lowest BCUT2D eigenvalue weighted by atomic mass is 9.78. The van der Waals surface area contributed by atoms with Gasteiger partial charge < -0.3 is 10.3 Å². The van der Waals surface area contributed by atoms with Gasteiger partial charge in [-0.1, -0.05) is 11.6 Å². The van der Waals surface area contributed by atoms with Crippen LogP contribution in [0.4, 0.5) is 0 Å². The van der Waals surface area contributed by atoms with Crippen molar-refractivity contribution in [3.63, 3.8) is 0 Å². The van der Waals surface area contributed by atoms with E-state index in [1.165, 1.54) is 0 Å². The average molecular weight is 336 g/mol. The number of aryl methyl sites for hydroxylation is 2. The Bertz CT molecular complexity index is 597. The average Bonchev–Trinajstić information content (AvgIpc) is 2.95. The van der Waals surface area contributed by atoms with E-state index in [0.717, 1.165) is 19.3 Å². The van der Waals surface area contributed by atoms with Gasteiger partial charge in [-0.3, -0.25) is 0 Å². The third kappa shape index (κ3) is 2.72. The molecular weight excluding hydrogens is 314 g/mol. The second-order valence-corrected chi connectivity index (χ2v) is 7.87. The van der Waals surface area contributed by atoms with Gasteiger partial charge in [0.15, 0.2) is 5.76 Å². The smallest absolute Gasteiger partial charge is 0.248 e. The molecule has 1 aliphatic heterocycles. The molecule has 0 radical (unpaired) electrons. The molecule has 3 rings (SSSR count). The van der Waals surface area contributed by atoms with Crippen molar-refractivity contribution in [3.05, 3.63) is 11.5 Å². The molecule has 3 unspecified atom stereocenters. The molecule has 1 aliphatic carbocycles. The van der Waals surface area contributed by atoms with Crippen LogP contribution in [0.2, 0.25) is 0 Å². The molecule has 2 N–H and O–H groups in total. The van der Waals surface area contributed by atoms with E-state index in [1.54, 1.807) is 18.2 Å². The second-order valence-electron chi connectivity index (χ2n) is 5.99. The van der Waals surface area contributed by atoms with E-state index in [2.05, 4.69) is 5.16 Å². The van der Waals surface area contributed by atoms with Crippen molar-refractivity contribution < 1.29 is 12.9 Å². The highest BCUT2D eigenvalue weighted by molar-refractivity contribution is 7.89. The lowest BCUT2D eigenvalue weighted by Crippen LogP contribution is -2.38. The van der Waals surface area contributed by atoms with E-state index in [-0.39, 0.29) is 23.3 Å². The van der Waals surface area contributed by atoms with Gasteiger partial charge >= 0.3 is 0 Å². The Morgan fingerprint density at radius 2 is 2.00 bits per heavy atom. The topological polar surface area (TPSA) is 89.4 Å². The Morgan fingerprint density at radius 1 is 1.29 bits per heavy atom. The third-order valence-corrected chi connectivity index (χ3v) is 6.76. The summed E-state index contributed by atoms with van der Waals surface area (Å²) in [5.41, 5.74) is 6.58. The molecule has 2 aliphatic rings. The van der Waals surface area contributed by atoms with Gasteiger partial charge in [-0.2, -0.15) is 4.31 Å². The summed E-state index contributed by atoms with van der Waals surface area (Å²) < 4.78 is 32.1. The molecule has 6 nitrogen and oxygen atoms in total. The Kier molecular flexibility index (Phi) is 4.68. The molecule has 1 saturated heterocycles. The van der Waals surface area contributed by atoms with Gasteiger partial charge in [-0.05, 0) is 38.5 Å². The molecule has 2 heterocycles. The first-order valence-electron chi connectivity index (χ1n) is 7.10. The molecule has 1 saturated carbocycles. The highest BCUT2D eigenvalue weighted by Gasteiger charge is 2.44. The van der Waals surface area contributed by atoms with Gasteiger partial charge in [0.05, 0.1) is 0 Å². The summed E-state index contributed by atoms with van der Waals surface area (Å²) in [5, 5.41) is 3.75. The maximum atomic E-state index is 12.8. The maximum Gasteiger partial charge on any atom is 0.248 e. The minimum absolute atomic E-state index is 0. The number of rotatable bonds is 2. The van der Waals surface area contributed by atoms with Crippen LogP contribution in [-0.4, -0.2) is 37.0 Å². The SMILES string of the molecule is Cc1noc(C)c1S(=O)(=O)N1CC2CCCC(N)C2C1.Cl. The minimum Gasteiger partial charge on any atom is -0.360 e. The number of halogens is 1. The van der Waals surface area contributed by atoms with E-state index in [4.69, 9.17) is 10.3 Å². The van der Waals surface area contributed by atoms with Crippen LogP contribution in [0.3, 0.4) is 0 Å². The van der Waals surface area contributed by atoms with Crippen LogP contribution in [0.1, 0.15) is 30.7 Å². The van der Waals surface area contributed by atoms with Crippen LogP contribution >= 0.6 is 12.4 Å². The zero-order chi connectivity index (χ0) is 14.5. The van der Waals surface area contributed by atoms with Gasteiger partial charge in [0.2, 0.25) is 10.0 Å². The van der Waals surface area contributed by atoms with Crippen molar-refractivity contribution in [1.29, 1.82) is 0 Å². The van der Waals surface area contributed by atoms with Crippen molar-refractivity contribution in [2.75, 3.05) is 13.1 Å². The van der Waals surface area contributed by atoms with Crippen molar-refractivity contribution in [2.45, 2.75) is 44.0 Å². The molecule has 1 aromatic rings. The second kappa shape index (κ2) is 5.87. The summed E-state index contributed by atoms with van der Waals surface area (Å²) in [6, 6.07) is 0.124. The normalized spacial score (nSPS) is 30.0. The van der Waals surface area contributed by atoms with E-state index in [1.807, 2.05) is 0 Å². The quantitative estimate of drug-likeness (QED) is 0.883. The van der Waals surface area contributed by atoms with Crippen LogP contribution in [-0.2, 0) is 10.0 Å². The monoisotopic (exact) mass is 335 g/mol. The zero-order valence-electron chi connectivity index (χ0n) is 12.3. The summed E-state index contributed by atoms with van der Waals surface area (Å²) in [4.78, 5) is 0.227. The summed E-state index contributed by atoms with van der Waals surface area (Å²) in [7, 11) is -3.52. The number of hydrogen-bond donors (Lipinski definition) is 1. The molecule has 0 bridgehead atoms. The molecule has 8 heteroatoms. The van der Waals surface area contributed by atoms with Crippen LogP contribution in [0, 0.1) is 25.7 Å². The number of hydrogen-bond acceptors (Lipinski definition) is 5. The minimum atomic E-state index is -3.52. The Balaban J connectivity index is 0.00000161. The number of nitrogens with two attached hydrogens (primary N) is 1. The maximum absolute atomic E-state index is 12.8. The van der Waals surface area contributed by atoms with Gasteiger partial charge in [0.1, 0.15) is 10.6 Å². The number of fused-ring (bicyclic) bond motifs is 1. The lowest BCUT2D eigenvalue weighted by molar-refractivity contribution is 0.260. The molecule has 0 amide bonds. The largest absolute Gasteiger partial charge is 0.360 e. The predicted molar refractivity (Wildman–Crippen MR) is 80.8 cm³/mol. The Morgan fingerprint density at radius 3 is 2.57 bits per heavy atom. The molecule has 2 fully saturated rings. The Hall–Kier alpha value is -0.630. The van der Waals surface area contributed by atoms with Crippen molar-refractivity contribution in [3.8, 4) is 0 Å². The van der Waals surface area contributed by atoms with Crippen molar-refractivity contribution in [2.24, 2.45) is 17.6 Å². The predicted octanol–water partition coefficient (Wildman–Crippen LogP) is 1.46. The number of sulfonamides is 1. The third-order valence-electron chi connectivity index (χ3n) is 4.69. The molecule has 120 valence electrons. The first kappa shape index (κ1) is 16.7. The van der Waals surface area contributed by atoms with Crippen LogP contribution in [0.25, 0.3) is 0 Å². The summed E-state index contributed by atoms with van der Waals surface area (Å²) in [6.07, 6.45) is 3.17. The molecule has 0 aromatic carbocycles. The number of aromatic nitrogens is 1. The standard InChI is InChI=1S/C13H21N3O3S.ClH/c1-8-13(9(2)19-15-8)20(17,18)16-6-10-4-3-5-12(14)11(10)7-16;/h10-12H,3-7,14H2,1-2H3;1H. The zero-order valence-corrected chi connectivity index (χ0v) is 13.9. The van der Waals surface area contributed by atoms with Crippen molar-refractivity contribution in [1.82, 2.24) is 9.46 Å². The lowest BCUT2D eigenvalue weighted by Gasteiger charge is -2.29. The van der Waals surface area contributed by atoms with E-state index in [0.29, 0.717) is 36.4 Å². The fourth-order valence-electron chi connectivity index (χ4n) is 3.64. The first-order valence-corrected chi connectivity index (χ1v) is 8.54. The molecule has 21 heavy (non-hydrogen) atoms. The highest BCUT2D eigenvalue weighted by atomic mass is 35.5. The summed E-state index contributed by atoms with van der Waals surface area (Å²) in [6.45, 7) is 4.41. The van der Waals surface area contributed by atoms with Crippen LogP contribution < -0.4 is 5.73 Å². The number of nitrogens with zero attached hydrogens (tertiary/aromatic N) is 2. The summed E-state index contributed by atoms with van der Waals surface area (Å²) >= 11 is 0. The molecule has 3 atom stereocenters. The molecule has 1 aromatic heterocycles. The first-order chi connectivity index (χ1) is 9.41. The van der Waals surface area contributed by atoms with E-state index >= 15 is 0 Å². The van der Waals surface area contributed by atoms with Crippen LogP contribution in [0.15, 0.2) is 9.42 Å². The van der Waals surface area contributed by atoms with E-state index in [9.17, 15) is 8.42 Å². The van der Waals surface area contributed by atoms with Crippen LogP contribution in [0.5, 0.6) is 0 Å². The Labute approximate surface area is 131 Å². The van der Waals surface area contributed by atoms with Gasteiger partial charge in [0.25, 0.3) is 0 Å². The van der Waals surface area contributed by atoms with Gasteiger partial charge in [-0.15, -0.1) is 12.4 Å². The van der Waals surface area contributed by atoms with Gasteiger partial charge in [0, 0.05) is 19.1 Å². The molecular formula is C13H22ClN3O3S. The fraction of sp³-hybridized carbons (Fsp3) is 0.769.